The Balaban J connectivity index is 1.66. The summed E-state index contributed by atoms with van der Waals surface area (Å²) in [6.07, 6.45) is -0.935. The molecule has 1 atom stereocenters. The largest absolute Gasteiger partial charge is 0.497 e. The Morgan fingerprint density at radius 2 is 1.59 bits per heavy atom. The zero-order valence-corrected chi connectivity index (χ0v) is 16.8. The van der Waals surface area contributed by atoms with Crippen molar-refractivity contribution in [1.29, 1.82) is 0 Å². The van der Waals surface area contributed by atoms with Gasteiger partial charge in [-0.2, -0.15) is 8.42 Å². The highest BCUT2D eigenvalue weighted by atomic mass is 32.2. The van der Waals surface area contributed by atoms with Gasteiger partial charge in [-0.1, -0.05) is 48.5 Å². The van der Waals surface area contributed by atoms with E-state index >= 15 is 0 Å². The number of aliphatic hydroxyl groups is 1. The maximum Gasteiger partial charge on any atom is 0.339 e. The lowest BCUT2D eigenvalue weighted by atomic mass is 10.1. The monoisotopic (exact) mass is 413 g/mol. The Bertz CT molecular complexity index is 1020. The standard InChI is InChI=1S/C22H23NO5S/c1-27-18-13-11-17(12-14-18)15-23-16-21(24)20-9-5-6-10-22(20)28-29(25,26)19-7-3-2-4-8-19/h2-14,21,23-24H,15-16H2,1H3/t21-/m1/s1. The van der Waals surface area contributed by atoms with Crippen LogP contribution < -0.4 is 14.2 Å². The second kappa shape index (κ2) is 9.56. The molecular weight excluding hydrogens is 390 g/mol. The molecule has 3 rings (SSSR count). The lowest BCUT2D eigenvalue weighted by Crippen LogP contribution is -2.22. The third-order valence-electron chi connectivity index (χ3n) is 4.34. The van der Waals surface area contributed by atoms with E-state index in [2.05, 4.69) is 5.32 Å². The summed E-state index contributed by atoms with van der Waals surface area (Å²) in [7, 11) is -2.37. The molecule has 3 aromatic rings. The molecular formula is C22H23NO5S. The lowest BCUT2D eigenvalue weighted by Gasteiger charge is -2.16. The average Bonchev–Trinajstić information content (AvgIpc) is 2.75. The van der Waals surface area contributed by atoms with E-state index in [1.807, 2.05) is 24.3 Å². The first-order valence-corrected chi connectivity index (χ1v) is 10.5. The normalized spacial score (nSPS) is 12.3. The number of methoxy groups -OCH3 is 1. The fraction of sp³-hybridized carbons (Fsp3) is 0.182. The van der Waals surface area contributed by atoms with Crippen LogP contribution in [0.1, 0.15) is 17.2 Å². The molecule has 7 heteroatoms. The van der Waals surface area contributed by atoms with Crippen LogP contribution in [0.2, 0.25) is 0 Å². The summed E-state index contributed by atoms with van der Waals surface area (Å²) in [5.74, 6) is 0.884. The summed E-state index contributed by atoms with van der Waals surface area (Å²) in [5, 5.41) is 13.7. The second-order valence-corrected chi connectivity index (χ2v) is 7.93. The molecule has 0 aromatic heterocycles. The van der Waals surface area contributed by atoms with Crippen LogP contribution in [0.5, 0.6) is 11.5 Å². The van der Waals surface area contributed by atoms with Gasteiger partial charge in [0.25, 0.3) is 0 Å². The van der Waals surface area contributed by atoms with Gasteiger partial charge in [-0.15, -0.1) is 0 Å². The van der Waals surface area contributed by atoms with Crippen LogP contribution >= 0.6 is 0 Å². The zero-order chi connectivity index (χ0) is 20.7. The minimum absolute atomic E-state index is 0.0573. The summed E-state index contributed by atoms with van der Waals surface area (Å²) in [5.41, 5.74) is 1.43. The maximum atomic E-state index is 12.5. The van der Waals surface area contributed by atoms with Crippen LogP contribution in [0.3, 0.4) is 0 Å². The molecule has 0 unspecified atom stereocenters. The molecule has 0 heterocycles. The van der Waals surface area contributed by atoms with E-state index in [-0.39, 0.29) is 17.2 Å². The predicted molar refractivity (Wildman–Crippen MR) is 110 cm³/mol. The molecule has 0 spiro atoms. The van der Waals surface area contributed by atoms with E-state index in [0.29, 0.717) is 12.1 Å². The molecule has 0 aliphatic heterocycles. The van der Waals surface area contributed by atoms with Crippen molar-refractivity contribution >= 4 is 10.1 Å². The number of nitrogens with one attached hydrogen (secondary N) is 1. The number of aliphatic hydroxyl groups excluding tert-OH is 1. The van der Waals surface area contributed by atoms with Crippen molar-refractivity contribution in [2.45, 2.75) is 17.5 Å². The van der Waals surface area contributed by atoms with Crippen molar-refractivity contribution in [3.8, 4) is 11.5 Å². The van der Waals surface area contributed by atoms with Gasteiger partial charge in [0.15, 0.2) is 0 Å². The highest BCUT2D eigenvalue weighted by Crippen LogP contribution is 2.27. The average molecular weight is 413 g/mol. The van der Waals surface area contributed by atoms with Crippen molar-refractivity contribution in [3.05, 3.63) is 90.0 Å². The molecule has 29 heavy (non-hydrogen) atoms. The summed E-state index contributed by atoms with van der Waals surface area (Å²) in [6.45, 7) is 0.782. The summed E-state index contributed by atoms with van der Waals surface area (Å²) in [4.78, 5) is 0.0573. The van der Waals surface area contributed by atoms with Crippen LogP contribution in [0.4, 0.5) is 0 Å². The van der Waals surface area contributed by atoms with E-state index < -0.39 is 16.2 Å². The summed E-state index contributed by atoms with van der Waals surface area (Å²) in [6, 6.07) is 22.1. The quantitative estimate of drug-likeness (QED) is 0.524. The second-order valence-electron chi connectivity index (χ2n) is 6.38. The molecule has 0 fully saturated rings. The molecule has 2 N–H and O–H groups in total. The number of rotatable bonds is 9. The van der Waals surface area contributed by atoms with Crippen LogP contribution in [-0.2, 0) is 16.7 Å². The Kier molecular flexibility index (Phi) is 6.87. The zero-order valence-electron chi connectivity index (χ0n) is 16.0. The van der Waals surface area contributed by atoms with E-state index in [1.165, 1.54) is 18.2 Å². The van der Waals surface area contributed by atoms with Crippen LogP contribution in [0.25, 0.3) is 0 Å². The fourth-order valence-corrected chi connectivity index (χ4v) is 3.77. The number of para-hydroxylation sites is 1. The summed E-state index contributed by atoms with van der Waals surface area (Å²) >= 11 is 0. The van der Waals surface area contributed by atoms with Crippen LogP contribution in [0, 0.1) is 0 Å². The van der Waals surface area contributed by atoms with Gasteiger partial charge in [0.2, 0.25) is 0 Å². The van der Waals surface area contributed by atoms with Gasteiger partial charge >= 0.3 is 10.1 Å². The van der Waals surface area contributed by atoms with Gasteiger partial charge in [-0.25, -0.2) is 0 Å². The maximum absolute atomic E-state index is 12.5. The SMILES string of the molecule is COc1ccc(CNC[C@@H](O)c2ccccc2OS(=O)(=O)c2ccccc2)cc1. The molecule has 0 amide bonds. The highest BCUT2D eigenvalue weighted by molar-refractivity contribution is 7.87. The van der Waals surface area contributed by atoms with Crippen molar-refractivity contribution < 1.29 is 22.4 Å². The molecule has 0 bridgehead atoms. The predicted octanol–water partition coefficient (Wildman–Crippen LogP) is 3.29. The number of hydrogen-bond donors (Lipinski definition) is 2. The molecule has 6 nitrogen and oxygen atoms in total. The Morgan fingerprint density at radius 1 is 0.931 bits per heavy atom. The molecule has 3 aromatic carbocycles. The van der Waals surface area contributed by atoms with E-state index in [1.54, 1.807) is 43.5 Å². The molecule has 152 valence electrons. The Hall–Kier alpha value is -2.87. The Morgan fingerprint density at radius 3 is 2.28 bits per heavy atom. The molecule has 0 saturated carbocycles. The Labute approximate surface area is 170 Å². The van der Waals surface area contributed by atoms with Crippen molar-refractivity contribution in [1.82, 2.24) is 5.32 Å². The van der Waals surface area contributed by atoms with Crippen molar-refractivity contribution in [2.24, 2.45) is 0 Å². The topological polar surface area (TPSA) is 84.9 Å². The third-order valence-corrected chi connectivity index (χ3v) is 5.58. The number of hydrogen-bond acceptors (Lipinski definition) is 6. The lowest BCUT2D eigenvalue weighted by molar-refractivity contribution is 0.172. The number of benzene rings is 3. The first-order valence-electron chi connectivity index (χ1n) is 9.10. The molecule has 0 aliphatic rings. The minimum Gasteiger partial charge on any atom is -0.497 e. The highest BCUT2D eigenvalue weighted by Gasteiger charge is 2.20. The van der Waals surface area contributed by atoms with Gasteiger partial charge in [-0.05, 0) is 35.9 Å². The first kappa shape index (κ1) is 20.9. The molecule has 0 saturated heterocycles. The van der Waals surface area contributed by atoms with Gasteiger partial charge < -0.3 is 19.3 Å². The van der Waals surface area contributed by atoms with Gasteiger partial charge in [0.05, 0.1) is 13.2 Å². The van der Waals surface area contributed by atoms with Crippen LogP contribution in [0.15, 0.2) is 83.8 Å². The first-order chi connectivity index (χ1) is 14.0. The molecule has 0 aliphatic carbocycles. The minimum atomic E-state index is -3.98. The van der Waals surface area contributed by atoms with Gasteiger partial charge in [-0.3, -0.25) is 0 Å². The van der Waals surface area contributed by atoms with E-state index in [0.717, 1.165) is 11.3 Å². The van der Waals surface area contributed by atoms with E-state index in [9.17, 15) is 13.5 Å². The smallest absolute Gasteiger partial charge is 0.339 e. The van der Waals surface area contributed by atoms with Gasteiger partial charge in [0, 0.05) is 18.7 Å². The third kappa shape index (κ3) is 5.57. The van der Waals surface area contributed by atoms with Crippen molar-refractivity contribution in [3.63, 3.8) is 0 Å². The fourth-order valence-electron chi connectivity index (χ4n) is 2.79. The van der Waals surface area contributed by atoms with Gasteiger partial charge in [0.1, 0.15) is 16.4 Å². The molecule has 0 radical (unpaired) electrons. The summed E-state index contributed by atoms with van der Waals surface area (Å²) < 4.78 is 35.4. The number of ether oxygens (including phenoxy) is 1. The van der Waals surface area contributed by atoms with Crippen molar-refractivity contribution in [2.75, 3.05) is 13.7 Å². The van der Waals surface area contributed by atoms with E-state index in [4.69, 9.17) is 8.92 Å². The van der Waals surface area contributed by atoms with Crippen LogP contribution in [-0.4, -0.2) is 27.2 Å².